The van der Waals surface area contributed by atoms with Gasteiger partial charge >= 0.3 is 6.03 Å². The number of hydrogen-bond acceptors (Lipinski definition) is 13. The largest absolute Gasteiger partial charge is 0.371 e. The van der Waals surface area contributed by atoms with Crippen molar-refractivity contribution in [1.82, 2.24) is 44.7 Å². The molecule has 7 amide bonds. The molecule has 4 N–H and O–H groups in total. The second-order valence-electron chi connectivity index (χ2n) is 16.9. The highest BCUT2D eigenvalue weighted by atomic mass is 16.2. The minimum atomic E-state index is -0.979. The van der Waals surface area contributed by atoms with Crippen molar-refractivity contribution < 1.29 is 28.8 Å². The Balaban J connectivity index is 0.760. The van der Waals surface area contributed by atoms with Crippen molar-refractivity contribution in [2.45, 2.75) is 69.5 Å². The third-order valence-corrected chi connectivity index (χ3v) is 13.1. The van der Waals surface area contributed by atoms with Crippen LogP contribution in [-0.4, -0.2) is 153 Å². The maximum atomic E-state index is 13.4. The lowest BCUT2D eigenvalue weighted by Gasteiger charge is -2.38. The Morgan fingerprint density at radius 1 is 0.867 bits per heavy atom. The number of rotatable bonds is 10. The summed E-state index contributed by atoms with van der Waals surface area (Å²) in [4.78, 5) is 96.5. The molecule has 60 heavy (non-hydrogen) atoms. The predicted molar refractivity (Wildman–Crippen MR) is 219 cm³/mol. The van der Waals surface area contributed by atoms with Crippen LogP contribution in [0.2, 0.25) is 0 Å². The average molecular weight is 822 g/mol. The number of anilines is 4. The number of nitrogens with one attached hydrogen (secondary N) is 2. The predicted octanol–water partition coefficient (Wildman–Crippen LogP) is 1.81. The quantitative estimate of drug-likeness (QED) is 0.249. The van der Waals surface area contributed by atoms with E-state index < -0.39 is 35.6 Å². The summed E-state index contributed by atoms with van der Waals surface area (Å²) in [6.07, 6.45) is 11.2. The minimum absolute atomic E-state index is 0.0489. The summed E-state index contributed by atoms with van der Waals surface area (Å²) in [5.74, 6) is -1.24. The number of amides is 7. The van der Waals surface area contributed by atoms with E-state index in [1.165, 1.54) is 0 Å². The molecule has 6 aliphatic heterocycles. The molecule has 19 nitrogen and oxygen atoms in total. The smallest absolute Gasteiger partial charge is 0.320 e. The maximum Gasteiger partial charge on any atom is 0.320 e. The van der Waals surface area contributed by atoms with Gasteiger partial charge in [-0.15, -0.1) is 0 Å². The molecule has 0 bridgehead atoms. The first-order valence-corrected chi connectivity index (χ1v) is 21.1. The molecule has 5 fully saturated rings. The molecule has 2 aromatic heterocycles. The van der Waals surface area contributed by atoms with Gasteiger partial charge in [0.2, 0.25) is 11.8 Å². The highest BCUT2D eigenvalue weighted by Crippen LogP contribution is 2.34. The van der Waals surface area contributed by atoms with Gasteiger partial charge in [-0.1, -0.05) is 0 Å². The molecule has 0 saturated carbocycles. The molecule has 6 aliphatic rings. The van der Waals surface area contributed by atoms with E-state index in [1.54, 1.807) is 29.4 Å². The van der Waals surface area contributed by atoms with Gasteiger partial charge < -0.3 is 35.6 Å². The Labute approximate surface area is 347 Å². The van der Waals surface area contributed by atoms with Crippen molar-refractivity contribution in [3.63, 3.8) is 0 Å². The van der Waals surface area contributed by atoms with Crippen LogP contribution in [0.5, 0.6) is 0 Å². The van der Waals surface area contributed by atoms with E-state index in [2.05, 4.69) is 35.4 Å². The van der Waals surface area contributed by atoms with Crippen molar-refractivity contribution >= 4 is 58.6 Å². The molecule has 1 unspecified atom stereocenters. The normalized spacial score (nSPS) is 23.5. The van der Waals surface area contributed by atoms with Gasteiger partial charge in [0.25, 0.3) is 17.7 Å². The number of carbonyl (C=O) groups is 6. The standard InChI is InChI=1S/C41H51N13O6/c1-48-17-18-52(41(48)60)29-3-2-12-51(24-29)33-21-43-35(36(42)56)37(46-33)45-26-20-44-53(23-26)27-10-13-49(14-11-27)22-25-8-15-50(16-9-25)28-4-5-30-31(19-28)40(59)54(39(30)58)32-6-7-34(55)47-38(32)57/h4-5,19-21,23,25,27,29,32H,2-3,6-18,22,24H2,1H3,(H2,42,56)(H,45,46)(H,47,55,57)/t29-,32?/m0/s1. The van der Waals surface area contributed by atoms with Gasteiger partial charge in [0.1, 0.15) is 11.9 Å². The van der Waals surface area contributed by atoms with Crippen molar-refractivity contribution in [1.29, 1.82) is 0 Å². The highest BCUT2D eigenvalue weighted by Gasteiger charge is 2.45. The number of nitrogens with zero attached hydrogens (tertiary/aromatic N) is 10. The minimum Gasteiger partial charge on any atom is -0.371 e. The summed E-state index contributed by atoms with van der Waals surface area (Å²) in [5, 5.41) is 10.2. The number of aromatic nitrogens is 4. The molecular weight excluding hydrogens is 771 g/mol. The first-order valence-electron chi connectivity index (χ1n) is 21.1. The van der Waals surface area contributed by atoms with Gasteiger partial charge in [-0.05, 0) is 69.1 Å². The molecule has 0 aliphatic carbocycles. The second-order valence-corrected chi connectivity index (χ2v) is 16.9. The summed E-state index contributed by atoms with van der Waals surface area (Å²) >= 11 is 0. The number of benzene rings is 1. The second kappa shape index (κ2) is 16.2. The zero-order valence-corrected chi connectivity index (χ0v) is 33.8. The number of nitrogens with two attached hydrogens (primary N) is 1. The molecule has 19 heteroatoms. The van der Waals surface area contributed by atoms with Crippen molar-refractivity contribution in [3.05, 3.63) is 53.6 Å². The Kier molecular flexibility index (Phi) is 10.6. The summed E-state index contributed by atoms with van der Waals surface area (Å²) in [6.45, 7) is 7.43. The van der Waals surface area contributed by atoms with E-state index in [0.29, 0.717) is 41.6 Å². The zero-order chi connectivity index (χ0) is 41.7. The van der Waals surface area contributed by atoms with Crippen LogP contribution < -0.4 is 26.2 Å². The Morgan fingerprint density at radius 2 is 1.65 bits per heavy atom. The molecule has 0 spiro atoms. The molecule has 0 radical (unpaired) electrons. The van der Waals surface area contributed by atoms with E-state index in [0.717, 1.165) is 94.9 Å². The number of primary amides is 1. The van der Waals surface area contributed by atoms with E-state index in [9.17, 15) is 28.8 Å². The topological polar surface area (TPSA) is 216 Å². The van der Waals surface area contributed by atoms with E-state index in [4.69, 9.17) is 10.7 Å². The number of imide groups is 2. The number of urea groups is 1. The van der Waals surface area contributed by atoms with Crippen molar-refractivity contribution in [2.75, 3.05) is 81.1 Å². The zero-order valence-electron chi connectivity index (χ0n) is 33.8. The van der Waals surface area contributed by atoms with E-state index >= 15 is 0 Å². The monoisotopic (exact) mass is 821 g/mol. The summed E-state index contributed by atoms with van der Waals surface area (Å²) in [7, 11) is 1.83. The maximum absolute atomic E-state index is 13.4. The van der Waals surface area contributed by atoms with Crippen LogP contribution in [0.3, 0.4) is 0 Å². The fourth-order valence-corrected chi connectivity index (χ4v) is 9.72. The average Bonchev–Trinajstić information content (AvgIpc) is 3.93. The molecule has 5 saturated heterocycles. The number of carbonyl (C=O) groups excluding carboxylic acids is 6. The first kappa shape index (κ1) is 39.4. The summed E-state index contributed by atoms with van der Waals surface area (Å²) in [6, 6.07) is 4.71. The first-order chi connectivity index (χ1) is 29.0. The SMILES string of the molecule is CN1CCN([C@H]2CCCN(c3cnc(C(N)=O)c(Nc4cnn(C5CCN(CC6CCN(c7ccc8c(c7)C(=O)N(C7CCC(=O)NC7=O)C8=O)CC6)CC5)c4)n3)C2)C1=O. The highest BCUT2D eigenvalue weighted by molar-refractivity contribution is 6.23. The molecule has 3 aromatic rings. The van der Waals surface area contributed by atoms with Crippen LogP contribution in [0.15, 0.2) is 36.8 Å². The molecule has 8 heterocycles. The molecular formula is C41H51N13O6. The van der Waals surface area contributed by atoms with E-state index in [1.807, 2.05) is 28.9 Å². The van der Waals surface area contributed by atoms with Crippen LogP contribution >= 0.6 is 0 Å². The number of fused-ring (bicyclic) bond motifs is 1. The van der Waals surface area contributed by atoms with Gasteiger partial charge in [0.05, 0.1) is 41.3 Å². The van der Waals surface area contributed by atoms with Gasteiger partial charge in [0, 0.05) is 84.3 Å². The van der Waals surface area contributed by atoms with Crippen molar-refractivity contribution in [3.8, 4) is 0 Å². The lowest BCUT2D eigenvalue weighted by atomic mass is 9.94. The van der Waals surface area contributed by atoms with Gasteiger partial charge in [-0.25, -0.2) is 14.8 Å². The summed E-state index contributed by atoms with van der Waals surface area (Å²) in [5.41, 5.74) is 7.93. The fraction of sp³-hybridized carbons (Fsp3) is 0.537. The van der Waals surface area contributed by atoms with Gasteiger partial charge in [-0.3, -0.25) is 38.9 Å². The lowest BCUT2D eigenvalue weighted by Crippen LogP contribution is -2.54. The third-order valence-electron chi connectivity index (χ3n) is 13.1. The van der Waals surface area contributed by atoms with Crippen molar-refractivity contribution in [2.24, 2.45) is 11.7 Å². The molecule has 1 aromatic carbocycles. The molecule has 9 rings (SSSR count). The van der Waals surface area contributed by atoms with Crippen LogP contribution in [0.4, 0.5) is 27.8 Å². The number of likely N-dealkylation sites (N-methyl/N-ethyl adjacent to an activating group) is 1. The number of hydrogen-bond donors (Lipinski definition) is 3. The van der Waals surface area contributed by atoms with Crippen LogP contribution in [0.25, 0.3) is 0 Å². The van der Waals surface area contributed by atoms with Crippen LogP contribution in [0, 0.1) is 5.92 Å². The van der Waals surface area contributed by atoms with E-state index in [-0.39, 0.29) is 42.5 Å². The molecule has 316 valence electrons. The summed E-state index contributed by atoms with van der Waals surface area (Å²) < 4.78 is 1.98. The third kappa shape index (κ3) is 7.61. The van der Waals surface area contributed by atoms with Gasteiger partial charge in [-0.2, -0.15) is 5.10 Å². The Hall–Kier alpha value is -6.11. The van der Waals surface area contributed by atoms with Gasteiger partial charge in [0.15, 0.2) is 11.5 Å². The van der Waals surface area contributed by atoms with Crippen LogP contribution in [-0.2, 0) is 9.59 Å². The number of piperidine rings is 4. The van der Waals surface area contributed by atoms with Crippen LogP contribution in [0.1, 0.15) is 88.6 Å². The fourth-order valence-electron chi connectivity index (χ4n) is 9.72. The Morgan fingerprint density at radius 3 is 2.38 bits per heavy atom. The number of likely N-dealkylation sites (tertiary alicyclic amines) is 1. The molecule has 2 atom stereocenters. The Bertz CT molecular complexity index is 2210. The lowest BCUT2D eigenvalue weighted by molar-refractivity contribution is -0.136.